The highest BCUT2D eigenvalue weighted by Gasteiger charge is 2.10. The normalized spacial score (nSPS) is 11.1. The second-order valence-corrected chi connectivity index (χ2v) is 5.80. The molecular formula is C15H17N5S. The lowest BCUT2D eigenvalue weighted by atomic mass is 10.1. The number of aromatic nitrogens is 4. The first-order valence-corrected chi connectivity index (χ1v) is 7.71. The van der Waals surface area contributed by atoms with Crippen LogP contribution in [0.1, 0.15) is 18.1 Å². The monoisotopic (exact) mass is 299 g/mol. The van der Waals surface area contributed by atoms with Gasteiger partial charge in [0.05, 0.1) is 6.33 Å². The number of nitrogens with zero attached hydrogens (tertiary/aromatic N) is 3. The molecule has 2 heterocycles. The fourth-order valence-corrected chi connectivity index (χ4v) is 3.09. The van der Waals surface area contributed by atoms with E-state index in [4.69, 9.17) is 0 Å². The molecule has 0 aliphatic rings. The summed E-state index contributed by atoms with van der Waals surface area (Å²) in [6, 6.07) is 6.50. The molecule has 0 bridgehead atoms. The number of aromatic amines is 1. The highest BCUT2D eigenvalue weighted by molar-refractivity contribution is 7.99. The molecule has 5 nitrogen and oxygen atoms in total. The molecule has 0 radical (unpaired) electrons. The highest BCUT2D eigenvalue weighted by Crippen LogP contribution is 2.32. The van der Waals surface area contributed by atoms with E-state index < -0.39 is 0 Å². The van der Waals surface area contributed by atoms with Crippen molar-refractivity contribution in [2.24, 2.45) is 0 Å². The van der Waals surface area contributed by atoms with E-state index in [0.717, 1.165) is 23.6 Å². The molecule has 0 spiro atoms. The average Bonchev–Trinajstić information content (AvgIpc) is 2.97. The molecule has 3 rings (SSSR count). The third-order valence-corrected chi connectivity index (χ3v) is 4.30. The first kappa shape index (κ1) is 14.0. The summed E-state index contributed by atoms with van der Waals surface area (Å²) in [6.07, 6.45) is 3.21. The Balaban J connectivity index is 1.95. The Morgan fingerprint density at radius 1 is 1.24 bits per heavy atom. The maximum Gasteiger partial charge on any atom is 0.181 e. The molecule has 108 valence electrons. The van der Waals surface area contributed by atoms with Crippen LogP contribution in [0.15, 0.2) is 40.8 Å². The van der Waals surface area contributed by atoms with Crippen molar-refractivity contribution >= 4 is 22.9 Å². The lowest BCUT2D eigenvalue weighted by Gasteiger charge is -2.10. The minimum atomic E-state index is 0.702. The van der Waals surface area contributed by atoms with Crippen molar-refractivity contribution in [1.29, 1.82) is 0 Å². The van der Waals surface area contributed by atoms with Crippen molar-refractivity contribution in [2.45, 2.75) is 30.3 Å². The Labute approximate surface area is 127 Å². The number of H-pyrrole nitrogens is 1. The van der Waals surface area contributed by atoms with E-state index in [2.05, 4.69) is 57.3 Å². The van der Waals surface area contributed by atoms with Gasteiger partial charge in [-0.3, -0.25) is 0 Å². The molecule has 0 unspecified atom stereocenters. The van der Waals surface area contributed by atoms with Crippen molar-refractivity contribution in [1.82, 2.24) is 25.3 Å². The van der Waals surface area contributed by atoms with E-state index in [0.29, 0.717) is 5.65 Å². The molecular weight excluding hydrogens is 282 g/mol. The van der Waals surface area contributed by atoms with E-state index in [1.54, 1.807) is 24.4 Å². The van der Waals surface area contributed by atoms with E-state index in [-0.39, 0.29) is 0 Å². The van der Waals surface area contributed by atoms with Gasteiger partial charge in [-0.1, -0.05) is 36.4 Å². The van der Waals surface area contributed by atoms with E-state index in [9.17, 15) is 0 Å². The summed E-state index contributed by atoms with van der Waals surface area (Å²) in [5.74, 6) is 0. The number of hydrogen-bond donors (Lipinski definition) is 2. The number of rotatable bonds is 5. The van der Waals surface area contributed by atoms with E-state index in [1.807, 2.05) is 0 Å². The van der Waals surface area contributed by atoms with Crippen LogP contribution in [0.2, 0.25) is 0 Å². The van der Waals surface area contributed by atoms with Crippen LogP contribution in [-0.4, -0.2) is 26.5 Å². The van der Waals surface area contributed by atoms with Gasteiger partial charge in [0.15, 0.2) is 5.65 Å². The third-order valence-electron chi connectivity index (χ3n) is 3.18. The van der Waals surface area contributed by atoms with Crippen molar-refractivity contribution in [3.05, 3.63) is 42.0 Å². The molecule has 0 atom stereocenters. The largest absolute Gasteiger partial charge is 0.341 e. The van der Waals surface area contributed by atoms with Gasteiger partial charge >= 0.3 is 0 Å². The van der Waals surface area contributed by atoms with Crippen LogP contribution in [-0.2, 0) is 6.54 Å². The van der Waals surface area contributed by atoms with Crippen LogP contribution in [0.3, 0.4) is 0 Å². The van der Waals surface area contributed by atoms with Gasteiger partial charge in [-0.25, -0.2) is 15.0 Å². The zero-order valence-electron chi connectivity index (χ0n) is 12.1. The Hall–Kier alpha value is -1.92. The van der Waals surface area contributed by atoms with Gasteiger partial charge < -0.3 is 10.3 Å². The fourth-order valence-electron chi connectivity index (χ4n) is 2.13. The zero-order chi connectivity index (χ0) is 14.7. The van der Waals surface area contributed by atoms with Crippen LogP contribution in [0.4, 0.5) is 0 Å². The molecule has 0 aliphatic heterocycles. The summed E-state index contributed by atoms with van der Waals surface area (Å²) in [6.45, 7) is 6.04. The molecule has 0 saturated carbocycles. The molecule has 6 heteroatoms. The molecule has 21 heavy (non-hydrogen) atoms. The second-order valence-electron chi connectivity index (χ2n) is 4.77. The summed E-state index contributed by atoms with van der Waals surface area (Å²) in [7, 11) is 0. The van der Waals surface area contributed by atoms with Gasteiger partial charge in [-0.2, -0.15) is 0 Å². The van der Waals surface area contributed by atoms with Gasteiger partial charge in [0, 0.05) is 11.4 Å². The summed E-state index contributed by atoms with van der Waals surface area (Å²) >= 11 is 1.65. The number of benzene rings is 1. The average molecular weight is 299 g/mol. The Bertz CT molecular complexity index is 753. The lowest BCUT2D eigenvalue weighted by molar-refractivity contribution is 0.717. The summed E-state index contributed by atoms with van der Waals surface area (Å²) in [5, 5.41) is 4.29. The molecule has 0 fully saturated rings. The summed E-state index contributed by atoms with van der Waals surface area (Å²) < 4.78 is 0. The van der Waals surface area contributed by atoms with Crippen LogP contribution in [0, 0.1) is 6.92 Å². The third kappa shape index (κ3) is 3.06. The maximum atomic E-state index is 4.38. The molecule has 0 amide bonds. The number of aryl methyl sites for hydroxylation is 1. The molecule has 1 aromatic carbocycles. The summed E-state index contributed by atoms with van der Waals surface area (Å²) in [5.41, 5.74) is 4.14. The first-order chi connectivity index (χ1) is 10.3. The Morgan fingerprint density at radius 2 is 2.14 bits per heavy atom. The van der Waals surface area contributed by atoms with Crippen LogP contribution >= 0.6 is 11.8 Å². The van der Waals surface area contributed by atoms with Gasteiger partial charge in [0.1, 0.15) is 16.9 Å². The molecule has 0 saturated heterocycles. The van der Waals surface area contributed by atoms with E-state index >= 15 is 0 Å². The number of hydrogen-bond acceptors (Lipinski definition) is 5. The Kier molecular flexibility index (Phi) is 4.17. The van der Waals surface area contributed by atoms with Crippen molar-refractivity contribution in [3.63, 3.8) is 0 Å². The van der Waals surface area contributed by atoms with Crippen molar-refractivity contribution in [2.75, 3.05) is 6.54 Å². The van der Waals surface area contributed by atoms with Crippen LogP contribution in [0.5, 0.6) is 0 Å². The van der Waals surface area contributed by atoms with Crippen LogP contribution in [0.25, 0.3) is 11.2 Å². The van der Waals surface area contributed by atoms with Crippen LogP contribution < -0.4 is 5.32 Å². The molecule has 3 aromatic rings. The van der Waals surface area contributed by atoms with Gasteiger partial charge in [-0.15, -0.1) is 0 Å². The van der Waals surface area contributed by atoms with Gasteiger partial charge in [0.25, 0.3) is 0 Å². The SMILES string of the molecule is CCNCc1cc(C)ccc1Sc1ncnc2nc[nH]c12. The molecule has 0 aliphatic carbocycles. The number of fused-ring (bicyclic) bond motifs is 1. The standard InChI is InChI=1S/C15H17N5S/c1-3-16-7-11-6-10(2)4-5-12(11)21-15-13-14(18-8-17-13)19-9-20-15/h4-6,8-9,16H,3,7H2,1-2H3,(H,17,18,19,20). The van der Waals surface area contributed by atoms with Gasteiger partial charge in [-0.05, 0) is 25.1 Å². The van der Waals surface area contributed by atoms with Crippen molar-refractivity contribution in [3.8, 4) is 0 Å². The zero-order valence-corrected chi connectivity index (χ0v) is 12.9. The number of imidazole rings is 1. The van der Waals surface area contributed by atoms with Crippen molar-refractivity contribution < 1.29 is 0 Å². The quantitative estimate of drug-likeness (QED) is 0.709. The molecule has 2 aromatic heterocycles. The highest BCUT2D eigenvalue weighted by atomic mass is 32.2. The smallest absolute Gasteiger partial charge is 0.181 e. The second kappa shape index (κ2) is 6.24. The van der Waals surface area contributed by atoms with E-state index in [1.165, 1.54) is 16.0 Å². The summed E-state index contributed by atoms with van der Waals surface area (Å²) in [4.78, 5) is 17.0. The minimum absolute atomic E-state index is 0.702. The lowest BCUT2D eigenvalue weighted by Crippen LogP contribution is -2.12. The maximum absolute atomic E-state index is 4.38. The fraction of sp³-hybridized carbons (Fsp3) is 0.267. The first-order valence-electron chi connectivity index (χ1n) is 6.90. The Morgan fingerprint density at radius 3 is 3.00 bits per heavy atom. The topological polar surface area (TPSA) is 66.5 Å². The predicted octanol–water partition coefficient (Wildman–Crippen LogP) is 2.92. The number of nitrogens with one attached hydrogen (secondary N) is 2. The predicted molar refractivity (Wildman–Crippen MR) is 84.4 cm³/mol. The van der Waals surface area contributed by atoms with Gasteiger partial charge in [0.2, 0.25) is 0 Å². The minimum Gasteiger partial charge on any atom is -0.341 e. The molecule has 2 N–H and O–H groups in total.